The molecule has 0 aliphatic carbocycles. The Labute approximate surface area is 162 Å². The third-order valence-electron chi connectivity index (χ3n) is 3.98. The van der Waals surface area contributed by atoms with Crippen LogP contribution >= 0.6 is 11.8 Å². The van der Waals surface area contributed by atoms with Crippen LogP contribution in [0.1, 0.15) is 25.3 Å². The Balaban J connectivity index is 1.78. The summed E-state index contributed by atoms with van der Waals surface area (Å²) in [5, 5.41) is 0.563. The van der Waals surface area contributed by atoms with Crippen LogP contribution in [0.25, 0.3) is 6.08 Å². The second-order valence-corrected chi connectivity index (χ2v) is 7.13. The van der Waals surface area contributed by atoms with Gasteiger partial charge in [-0.3, -0.25) is 9.69 Å². The van der Waals surface area contributed by atoms with Gasteiger partial charge in [-0.1, -0.05) is 25.5 Å². The van der Waals surface area contributed by atoms with Crippen molar-refractivity contribution in [2.24, 2.45) is 4.99 Å². The monoisotopic (exact) mass is 384 g/mol. The zero-order valence-electron chi connectivity index (χ0n) is 15.3. The predicted octanol–water partition coefficient (Wildman–Crippen LogP) is 5.24. The van der Waals surface area contributed by atoms with Gasteiger partial charge < -0.3 is 4.74 Å². The van der Waals surface area contributed by atoms with Gasteiger partial charge in [-0.2, -0.15) is 0 Å². The van der Waals surface area contributed by atoms with E-state index >= 15 is 0 Å². The summed E-state index contributed by atoms with van der Waals surface area (Å²) in [4.78, 5) is 19.1. The molecule has 1 amide bonds. The molecule has 0 spiro atoms. The van der Waals surface area contributed by atoms with Crippen LogP contribution in [0.3, 0.4) is 0 Å². The zero-order chi connectivity index (χ0) is 19.2. The van der Waals surface area contributed by atoms with E-state index in [0.717, 1.165) is 24.2 Å². The number of ether oxygens (including phenoxy) is 1. The number of hydrogen-bond acceptors (Lipinski definition) is 4. The number of benzene rings is 2. The largest absolute Gasteiger partial charge is 0.494 e. The van der Waals surface area contributed by atoms with E-state index in [1.54, 1.807) is 19.2 Å². The van der Waals surface area contributed by atoms with Crippen LogP contribution < -0.4 is 4.74 Å². The van der Waals surface area contributed by atoms with Gasteiger partial charge in [-0.15, -0.1) is 0 Å². The molecule has 0 radical (unpaired) electrons. The summed E-state index contributed by atoms with van der Waals surface area (Å²) in [5.74, 6) is 0.365. The van der Waals surface area contributed by atoms with Gasteiger partial charge in [0.15, 0.2) is 5.17 Å². The molecule has 0 aromatic heterocycles. The first-order valence-corrected chi connectivity index (χ1v) is 9.63. The highest BCUT2D eigenvalue weighted by Crippen LogP contribution is 2.33. The maximum absolute atomic E-state index is 13.0. The van der Waals surface area contributed by atoms with Gasteiger partial charge in [0.05, 0.1) is 17.2 Å². The van der Waals surface area contributed by atoms with E-state index in [1.165, 1.54) is 28.8 Å². The van der Waals surface area contributed by atoms with Gasteiger partial charge in [0.25, 0.3) is 5.91 Å². The van der Waals surface area contributed by atoms with E-state index in [0.29, 0.717) is 22.4 Å². The number of carbonyl (C=O) groups is 1. The van der Waals surface area contributed by atoms with Crippen LogP contribution in [-0.2, 0) is 4.79 Å². The summed E-state index contributed by atoms with van der Waals surface area (Å²) >= 11 is 1.30. The molecule has 1 heterocycles. The van der Waals surface area contributed by atoms with Crippen molar-refractivity contribution in [1.29, 1.82) is 0 Å². The second-order valence-electron chi connectivity index (χ2n) is 6.12. The van der Waals surface area contributed by atoms with Gasteiger partial charge in [0, 0.05) is 7.05 Å². The quantitative estimate of drug-likeness (QED) is 0.505. The number of amidine groups is 1. The average Bonchev–Trinajstić information content (AvgIpc) is 2.92. The molecule has 6 heteroatoms. The predicted molar refractivity (Wildman–Crippen MR) is 109 cm³/mol. The van der Waals surface area contributed by atoms with Crippen molar-refractivity contribution >= 4 is 34.6 Å². The smallest absolute Gasteiger partial charge is 0.266 e. The Bertz CT molecular complexity index is 878. The lowest BCUT2D eigenvalue weighted by atomic mass is 10.2. The number of thioether (sulfide) groups is 1. The first-order chi connectivity index (χ1) is 13.1. The molecular formula is C21H21FN2O2S. The van der Waals surface area contributed by atoms with Crippen molar-refractivity contribution in [3.05, 3.63) is 64.8 Å². The van der Waals surface area contributed by atoms with Gasteiger partial charge in [-0.05, 0) is 66.2 Å². The summed E-state index contributed by atoms with van der Waals surface area (Å²) in [6, 6.07) is 13.5. The maximum Gasteiger partial charge on any atom is 0.266 e. The van der Waals surface area contributed by atoms with E-state index in [1.807, 2.05) is 30.3 Å². The molecule has 1 saturated heterocycles. The molecule has 0 bridgehead atoms. The van der Waals surface area contributed by atoms with Crippen LogP contribution in [0, 0.1) is 5.82 Å². The highest BCUT2D eigenvalue weighted by molar-refractivity contribution is 8.18. The molecule has 0 N–H and O–H groups in total. The fraction of sp³-hybridized carbons (Fsp3) is 0.238. The van der Waals surface area contributed by atoms with Crippen LogP contribution in [0.2, 0.25) is 0 Å². The molecule has 4 nitrogen and oxygen atoms in total. The van der Waals surface area contributed by atoms with E-state index < -0.39 is 0 Å². The van der Waals surface area contributed by atoms with Crippen LogP contribution in [-0.4, -0.2) is 29.6 Å². The van der Waals surface area contributed by atoms with Crippen molar-refractivity contribution in [1.82, 2.24) is 4.90 Å². The number of unbranched alkanes of at least 4 members (excludes halogenated alkanes) is 1. The lowest BCUT2D eigenvalue weighted by molar-refractivity contribution is -0.121. The summed E-state index contributed by atoms with van der Waals surface area (Å²) in [6.45, 7) is 2.80. The van der Waals surface area contributed by atoms with Crippen LogP contribution in [0.5, 0.6) is 5.75 Å². The van der Waals surface area contributed by atoms with Gasteiger partial charge in [-0.25, -0.2) is 9.38 Å². The normalized spacial score (nSPS) is 17.1. The minimum atomic E-state index is -0.316. The lowest BCUT2D eigenvalue weighted by Crippen LogP contribution is -2.23. The number of amides is 1. The topological polar surface area (TPSA) is 41.9 Å². The van der Waals surface area contributed by atoms with E-state index in [-0.39, 0.29) is 11.7 Å². The highest BCUT2D eigenvalue weighted by atomic mass is 32.2. The number of hydrogen-bond donors (Lipinski definition) is 0. The van der Waals surface area contributed by atoms with Crippen molar-refractivity contribution in [2.75, 3.05) is 13.7 Å². The Kier molecular flexibility index (Phi) is 6.29. The SMILES string of the molecule is CCCCOc1cccc(/C=C2/SC(=Nc3ccc(F)cc3)N(C)C2=O)c1. The number of likely N-dealkylation sites (N-methyl/N-ethyl adjacent to an activating group) is 1. The average molecular weight is 384 g/mol. The Hall–Kier alpha value is -2.60. The van der Waals surface area contributed by atoms with Crippen LogP contribution in [0.15, 0.2) is 58.4 Å². The first-order valence-electron chi connectivity index (χ1n) is 8.81. The molecule has 1 aliphatic rings. The number of carbonyl (C=O) groups excluding carboxylic acids is 1. The minimum absolute atomic E-state index is 0.113. The van der Waals surface area contributed by atoms with Crippen molar-refractivity contribution < 1.29 is 13.9 Å². The molecule has 27 heavy (non-hydrogen) atoms. The lowest BCUT2D eigenvalue weighted by Gasteiger charge is -2.07. The standard InChI is InChI=1S/C21H21FN2O2S/c1-3-4-12-26-18-7-5-6-15(13-18)14-19-20(25)24(2)21(27-19)23-17-10-8-16(22)9-11-17/h5-11,13-14H,3-4,12H2,1-2H3/b19-14+,23-21?. The van der Waals surface area contributed by atoms with E-state index in [4.69, 9.17) is 4.74 Å². The molecular weight excluding hydrogens is 363 g/mol. The molecule has 3 rings (SSSR count). The van der Waals surface area contributed by atoms with Crippen molar-refractivity contribution in [3.63, 3.8) is 0 Å². The van der Waals surface area contributed by atoms with Crippen molar-refractivity contribution in [3.8, 4) is 5.75 Å². The number of halogens is 1. The fourth-order valence-electron chi connectivity index (χ4n) is 2.46. The van der Waals surface area contributed by atoms with Gasteiger partial charge >= 0.3 is 0 Å². The summed E-state index contributed by atoms with van der Waals surface area (Å²) in [6.07, 6.45) is 3.93. The zero-order valence-corrected chi connectivity index (χ0v) is 16.1. The maximum atomic E-state index is 13.0. The van der Waals surface area contributed by atoms with E-state index in [9.17, 15) is 9.18 Å². The summed E-state index contributed by atoms with van der Waals surface area (Å²) < 4.78 is 18.8. The minimum Gasteiger partial charge on any atom is -0.494 e. The molecule has 2 aromatic rings. The Morgan fingerprint density at radius 3 is 2.74 bits per heavy atom. The van der Waals surface area contributed by atoms with E-state index in [2.05, 4.69) is 11.9 Å². The third-order valence-corrected chi connectivity index (χ3v) is 5.04. The molecule has 140 valence electrons. The van der Waals surface area contributed by atoms with Gasteiger partial charge in [0.1, 0.15) is 11.6 Å². The molecule has 0 atom stereocenters. The summed E-state index contributed by atoms with van der Waals surface area (Å²) in [7, 11) is 1.68. The van der Waals surface area contributed by atoms with Crippen molar-refractivity contribution in [2.45, 2.75) is 19.8 Å². The molecule has 0 saturated carbocycles. The first kappa shape index (κ1) is 19.2. The van der Waals surface area contributed by atoms with Crippen LogP contribution in [0.4, 0.5) is 10.1 Å². The Morgan fingerprint density at radius 1 is 1.22 bits per heavy atom. The number of aliphatic imine (C=N–C) groups is 1. The Morgan fingerprint density at radius 2 is 2.00 bits per heavy atom. The fourth-order valence-corrected chi connectivity index (χ4v) is 3.44. The molecule has 1 aliphatic heterocycles. The molecule has 2 aromatic carbocycles. The number of rotatable bonds is 6. The highest BCUT2D eigenvalue weighted by Gasteiger charge is 2.30. The third kappa shape index (κ3) is 4.98. The van der Waals surface area contributed by atoms with Gasteiger partial charge in [0.2, 0.25) is 0 Å². The molecule has 1 fully saturated rings. The molecule has 0 unspecified atom stereocenters. The number of nitrogens with zero attached hydrogens (tertiary/aromatic N) is 2. The summed E-state index contributed by atoms with van der Waals surface area (Å²) in [5.41, 5.74) is 1.50. The second kappa shape index (κ2) is 8.86.